The monoisotopic (exact) mass is 392 g/mol. The van der Waals surface area contributed by atoms with Crippen LogP contribution in [0.25, 0.3) is 0 Å². The van der Waals surface area contributed by atoms with E-state index in [1.54, 1.807) is 19.2 Å². The molecule has 0 saturated carbocycles. The van der Waals surface area contributed by atoms with Gasteiger partial charge >= 0.3 is 16.2 Å². The van der Waals surface area contributed by atoms with Gasteiger partial charge in [0.1, 0.15) is 0 Å². The standard InChI is InChI=1S/C13H17BrN2O5S/c1-21-9-5-7-16(8-6-9)22(19,20)15-11-4-2-3-10(14)12(11)13(17)18/h2-4,9,15H,5-8H2,1H3,(H,17,18). The molecule has 1 aliphatic heterocycles. The molecule has 1 aromatic carbocycles. The number of carbonyl (C=O) groups is 1. The van der Waals surface area contributed by atoms with Gasteiger partial charge in [0.25, 0.3) is 0 Å². The Kier molecular flexibility index (Phi) is 5.43. The number of rotatable bonds is 5. The van der Waals surface area contributed by atoms with Gasteiger partial charge in [0.2, 0.25) is 0 Å². The van der Waals surface area contributed by atoms with E-state index in [-0.39, 0.29) is 17.4 Å². The Morgan fingerprint density at radius 1 is 1.41 bits per heavy atom. The third kappa shape index (κ3) is 3.78. The van der Waals surface area contributed by atoms with Crippen molar-refractivity contribution in [2.45, 2.75) is 18.9 Å². The lowest BCUT2D eigenvalue weighted by Crippen LogP contribution is -2.43. The minimum absolute atomic E-state index is 0.0377. The van der Waals surface area contributed by atoms with Crippen LogP contribution in [0.15, 0.2) is 22.7 Å². The number of hydrogen-bond donors (Lipinski definition) is 2. The summed E-state index contributed by atoms with van der Waals surface area (Å²) in [5.41, 5.74) is -0.0754. The van der Waals surface area contributed by atoms with Crippen LogP contribution >= 0.6 is 15.9 Å². The van der Waals surface area contributed by atoms with E-state index in [9.17, 15) is 18.3 Å². The summed E-state index contributed by atoms with van der Waals surface area (Å²) in [6.45, 7) is 0.675. The van der Waals surface area contributed by atoms with Gasteiger partial charge in [0, 0.05) is 24.7 Å². The third-order valence-electron chi connectivity index (χ3n) is 3.54. The van der Waals surface area contributed by atoms with E-state index in [4.69, 9.17) is 4.74 Å². The summed E-state index contributed by atoms with van der Waals surface area (Å²) in [6, 6.07) is 4.55. The summed E-state index contributed by atoms with van der Waals surface area (Å²) in [5, 5.41) is 9.23. The number of carboxylic acids is 1. The summed E-state index contributed by atoms with van der Waals surface area (Å²) < 4.78 is 34.0. The normalized spacial score (nSPS) is 17.4. The maximum atomic E-state index is 12.4. The van der Waals surface area contributed by atoms with Crippen LogP contribution in [0.5, 0.6) is 0 Å². The second-order valence-corrected chi connectivity index (χ2v) is 7.43. The quantitative estimate of drug-likeness (QED) is 0.797. The molecule has 2 N–H and O–H groups in total. The highest BCUT2D eigenvalue weighted by Gasteiger charge is 2.29. The van der Waals surface area contributed by atoms with Gasteiger partial charge < -0.3 is 9.84 Å². The lowest BCUT2D eigenvalue weighted by Gasteiger charge is -2.30. The fourth-order valence-corrected chi connectivity index (χ4v) is 4.14. The first kappa shape index (κ1) is 17.2. The van der Waals surface area contributed by atoms with Gasteiger partial charge in [-0.15, -0.1) is 0 Å². The fraction of sp³-hybridized carbons (Fsp3) is 0.462. The number of ether oxygens (including phenoxy) is 1. The van der Waals surface area contributed by atoms with Crippen LogP contribution in [0.1, 0.15) is 23.2 Å². The number of halogens is 1. The first-order valence-corrected chi connectivity index (χ1v) is 8.91. The van der Waals surface area contributed by atoms with Crippen molar-refractivity contribution in [3.8, 4) is 0 Å². The van der Waals surface area contributed by atoms with Gasteiger partial charge in [-0.25, -0.2) is 4.79 Å². The van der Waals surface area contributed by atoms with Crippen molar-refractivity contribution in [1.29, 1.82) is 0 Å². The van der Waals surface area contributed by atoms with E-state index in [1.807, 2.05) is 0 Å². The molecule has 0 atom stereocenters. The van der Waals surface area contributed by atoms with Gasteiger partial charge in [-0.2, -0.15) is 12.7 Å². The summed E-state index contributed by atoms with van der Waals surface area (Å²) >= 11 is 3.12. The Morgan fingerprint density at radius 2 is 2.05 bits per heavy atom. The molecule has 0 bridgehead atoms. The number of anilines is 1. The second-order valence-electron chi connectivity index (χ2n) is 4.91. The number of aromatic carboxylic acids is 1. The molecule has 22 heavy (non-hydrogen) atoms. The maximum absolute atomic E-state index is 12.4. The zero-order valence-electron chi connectivity index (χ0n) is 12.0. The molecule has 1 fully saturated rings. The van der Waals surface area contributed by atoms with Crippen LogP contribution in [0, 0.1) is 0 Å². The van der Waals surface area contributed by atoms with Crippen LogP contribution in [0.3, 0.4) is 0 Å². The Hall–Kier alpha value is -1.16. The molecule has 1 aliphatic rings. The van der Waals surface area contributed by atoms with Crippen LogP contribution in [0.4, 0.5) is 5.69 Å². The number of nitrogens with zero attached hydrogens (tertiary/aromatic N) is 1. The lowest BCUT2D eigenvalue weighted by atomic mass is 10.1. The molecule has 1 heterocycles. The van der Waals surface area contributed by atoms with Crippen molar-refractivity contribution in [1.82, 2.24) is 4.31 Å². The predicted molar refractivity (Wildman–Crippen MR) is 85.2 cm³/mol. The molecule has 0 aromatic heterocycles. The average Bonchev–Trinajstić information content (AvgIpc) is 2.46. The number of carboxylic acid groups (broad SMARTS) is 1. The molecule has 0 unspecified atom stereocenters. The molecular weight excluding hydrogens is 376 g/mol. The minimum atomic E-state index is -3.80. The summed E-state index contributed by atoms with van der Waals surface area (Å²) in [7, 11) is -2.19. The van der Waals surface area contributed by atoms with Crippen molar-refractivity contribution in [2.24, 2.45) is 0 Å². The van der Waals surface area contributed by atoms with Gasteiger partial charge in [0.05, 0.1) is 17.4 Å². The summed E-state index contributed by atoms with van der Waals surface area (Å²) in [4.78, 5) is 11.3. The van der Waals surface area contributed by atoms with E-state index >= 15 is 0 Å². The van der Waals surface area contributed by atoms with Crippen molar-refractivity contribution in [2.75, 3.05) is 24.9 Å². The highest BCUT2D eigenvalue weighted by molar-refractivity contribution is 9.10. The number of benzene rings is 1. The highest BCUT2D eigenvalue weighted by atomic mass is 79.9. The number of nitrogens with one attached hydrogen (secondary N) is 1. The average molecular weight is 393 g/mol. The number of methoxy groups -OCH3 is 1. The molecule has 122 valence electrons. The lowest BCUT2D eigenvalue weighted by molar-refractivity contribution is 0.0606. The largest absolute Gasteiger partial charge is 0.478 e. The topological polar surface area (TPSA) is 95.9 Å². The predicted octanol–water partition coefficient (Wildman–Crippen LogP) is 1.91. The van der Waals surface area contributed by atoms with E-state index in [2.05, 4.69) is 20.7 Å². The van der Waals surface area contributed by atoms with Crippen LogP contribution in [-0.2, 0) is 14.9 Å². The Balaban J connectivity index is 2.20. The highest BCUT2D eigenvalue weighted by Crippen LogP contribution is 2.27. The number of hydrogen-bond acceptors (Lipinski definition) is 4. The molecule has 7 nitrogen and oxygen atoms in total. The molecule has 1 saturated heterocycles. The first-order chi connectivity index (χ1) is 10.3. The van der Waals surface area contributed by atoms with Gasteiger partial charge in [0.15, 0.2) is 0 Å². The van der Waals surface area contributed by atoms with Crippen LogP contribution in [-0.4, -0.2) is 50.1 Å². The zero-order chi connectivity index (χ0) is 16.3. The van der Waals surface area contributed by atoms with Gasteiger partial charge in [-0.1, -0.05) is 6.07 Å². The molecule has 1 aromatic rings. The van der Waals surface area contributed by atoms with E-state index in [1.165, 1.54) is 10.4 Å². The molecule has 2 rings (SSSR count). The molecule has 0 spiro atoms. The first-order valence-electron chi connectivity index (χ1n) is 6.67. The van der Waals surface area contributed by atoms with E-state index in [0.29, 0.717) is 30.4 Å². The SMILES string of the molecule is COC1CCN(S(=O)(=O)Nc2cccc(Br)c2C(=O)O)CC1. The van der Waals surface area contributed by atoms with E-state index in [0.717, 1.165) is 0 Å². The van der Waals surface area contributed by atoms with Gasteiger partial charge in [-0.3, -0.25) is 4.72 Å². The second kappa shape index (κ2) is 6.95. The van der Waals surface area contributed by atoms with Crippen molar-refractivity contribution >= 4 is 37.8 Å². The molecule has 0 aliphatic carbocycles. The summed E-state index contributed by atoms with van der Waals surface area (Å²) in [5.74, 6) is -1.21. The molecule has 9 heteroatoms. The smallest absolute Gasteiger partial charge is 0.338 e. The van der Waals surface area contributed by atoms with Crippen molar-refractivity contribution in [3.05, 3.63) is 28.2 Å². The molecule has 0 amide bonds. The summed E-state index contributed by atoms with van der Waals surface area (Å²) in [6.07, 6.45) is 1.29. The van der Waals surface area contributed by atoms with E-state index < -0.39 is 16.2 Å². The van der Waals surface area contributed by atoms with Crippen LogP contribution in [0.2, 0.25) is 0 Å². The van der Waals surface area contributed by atoms with Gasteiger partial charge in [-0.05, 0) is 40.9 Å². The van der Waals surface area contributed by atoms with Crippen molar-refractivity contribution < 1.29 is 23.1 Å². The van der Waals surface area contributed by atoms with Crippen LogP contribution < -0.4 is 4.72 Å². The minimum Gasteiger partial charge on any atom is -0.478 e. The Bertz CT molecular complexity index is 656. The third-order valence-corrected chi connectivity index (χ3v) is 5.72. The molecule has 0 radical (unpaired) electrons. The number of piperidine rings is 1. The Morgan fingerprint density at radius 3 is 2.59 bits per heavy atom. The Labute approximate surface area is 137 Å². The zero-order valence-corrected chi connectivity index (χ0v) is 14.4. The molecular formula is C13H17BrN2O5S. The maximum Gasteiger partial charge on any atom is 0.338 e. The van der Waals surface area contributed by atoms with Crippen molar-refractivity contribution in [3.63, 3.8) is 0 Å². The fourth-order valence-electron chi connectivity index (χ4n) is 2.34.